The minimum absolute atomic E-state index is 0.374. The van der Waals surface area contributed by atoms with Gasteiger partial charge in [-0.25, -0.2) is 4.52 Å². The highest BCUT2D eigenvalue weighted by Gasteiger charge is 2.24. The van der Waals surface area contributed by atoms with Crippen LogP contribution in [0.4, 0.5) is 0 Å². The van der Waals surface area contributed by atoms with Crippen molar-refractivity contribution in [2.45, 2.75) is 45.1 Å². The van der Waals surface area contributed by atoms with Crippen LogP contribution in [0.2, 0.25) is 0 Å². The molecule has 25 heavy (non-hydrogen) atoms. The Morgan fingerprint density at radius 2 is 1.88 bits per heavy atom. The maximum absolute atomic E-state index is 12.5. The van der Waals surface area contributed by atoms with Gasteiger partial charge < -0.3 is 4.90 Å². The summed E-state index contributed by atoms with van der Waals surface area (Å²) in [7, 11) is 0. The van der Waals surface area contributed by atoms with Gasteiger partial charge in [0, 0.05) is 45.3 Å². The van der Waals surface area contributed by atoms with Gasteiger partial charge >= 0.3 is 0 Å². The number of nitrogens with zero attached hydrogens (tertiary/aromatic N) is 4. The van der Waals surface area contributed by atoms with Crippen molar-refractivity contribution in [2.24, 2.45) is 5.92 Å². The lowest BCUT2D eigenvalue weighted by Gasteiger charge is -2.35. The summed E-state index contributed by atoms with van der Waals surface area (Å²) in [5, 5.41) is 4.63. The molecule has 1 saturated carbocycles. The first-order valence-electron chi connectivity index (χ1n) is 9.71. The summed E-state index contributed by atoms with van der Waals surface area (Å²) in [5.41, 5.74) is 2.24. The summed E-state index contributed by atoms with van der Waals surface area (Å²) < 4.78 is 1.93. The first kappa shape index (κ1) is 16.6. The number of pyridine rings is 1. The number of aromatic nitrogens is 2. The van der Waals surface area contributed by atoms with Gasteiger partial charge in [0.2, 0.25) is 5.91 Å². The molecule has 2 aromatic heterocycles. The second kappa shape index (κ2) is 7.56. The van der Waals surface area contributed by atoms with Gasteiger partial charge in [-0.15, -0.1) is 0 Å². The lowest BCUT2D eigenvalue weighted by molar-refractivity contribution is -0.134. The van der Waals surface area contributed by atoms with Crippen molar-refractivity contribution < 1.29 is 4.79 Å². The predicted octanol–water partition coefficient (Wildman–Crippen LogP) is 2.95. The zero-order chi connectivity index (χ0) is 17.1. The molecule has 1 saturated heterocycles. The third-order valence-corrected chi connectivity index (χ3v) is 5.72. The van der Waals surface area contributed by atoms with E-state index in [1.165, 1.54) is 32.1 Å². The van der Waals surface area contributed by atoms with Gasteiger partial charge in [-0.3, -0.25) is 9.69 Å². The normalized spacial score (nSPS) is 20.2. The van der Waals surface area contributed by atoms with E-state index in [0.29, 0.717) is 11.8 Å². The van der Waals surface area contributed by atoms with E-state index >= 15 is 0 Å². The smallest absolute Gasteiger partial charge is 0.222 e. The van der Waals surface area contributed by atoms with E-state index in [-0.39, 0.29) is 0 Å². The number of rotatable bonds is 4. The molecule has 0 spiro atoms. The standard InChI is InChI=1S/C20H28N4O/c25-20(14-17-6-2-1-3-7-17)23-12-10-22(11-13-23)16-18-15-19-8-4-5-9-24(19)21-18/h4-5,8-9,15,17H,1-3,6-7,10-14,16H2. The van der Waals surface area contributed by atoms with Crippen molar-refractivity contribution in [2.75, 3.05) is 26.2 Å². The second-order valence-electron chi connectivity index (χ2n) is 7.57. The third-order valence-electron chi connectivity index (χ3n) is 5.72. The highest BCUT2D eigenvalue weighted by molar-refractivity contribution is 5.76. The minimum Gasteiger partial charge on any atom is -0.340 e. The van der Waals surface area contributed by atoms with Crippen LogP contribution in [0.15, 0.2) is 30.5 Å². The number of hydrogen-bond donors (Lipinski definition) is 0. The molecule has 2 fully saturated rings. The van der Waals surface area contributed by atoms with Gasteiger partial charge in [-0.1, -0.05) is 25.3 Å². The van der Waals surface area contributed by atoms with E-state index in [2.05, 4.69) is 27.0 Å². The van der Waals surface area contributed by atoms with E-state index in [0.717, 1.165) is 50.4 Å². The van der Waals surface area contributed by atoms with Crippen LogP contribution in [0.3, 0.4) is 0 Å². The lowest BCUT2D eigenvalue weighted by Crippen LogP contribution is -2.48. The summed E-state index contributed by atoms with van der Waals surface area (Å²) in [6.45, 7) is 4.48. The maximum Gasteiger partial charge on any atom is 0.222 e. The molecule has 1 amide bonds. The van der Waals surface area contributed by atoms with Crippen molar-refractivity contribution in [3.63, 3.8) is 0 Å². The molecule has 2 aliphatic rings. The summed E-state index contributed by atoms with van der Waals surface area (Å²) in [4.78, 5) is 17.0. The fourth-order valence-electron chi connectivity index (χ4n) is 4.22. The van der Waals surface area contributed by atoms with Gasteiger partial charge in [-0.05, 0) is 37.0 Å². The highest BCUT2D eigenvalue weighted by Crippen LogP contribution is 2.27. The lowest BCUT2D eigenvalue weighted by atomic mass is 9.86. The summed E-state index contributed by atoms with van der Waals surface area (Å²) in [5.74, 6) is 1.01. The molecule has 0 atom stereocenters. The summed E-state index contributed by atoms with van der Waals surface area (Å²) >= 11 is 0. The maximum atomic E-state index is 12.5. The largest absolute Gasteiger partial charge is 0.340 e. The van der Waals surface area contributed by atoms with Crippen LogP contribution < -0.4 is 0 Å². The Kier molecular flexibility index (Phi) is 5.02. The Labute approximate surface area is 149 Å². The topological polar surface area (TPSA) is 40.9 Å². The van der Waals surface area contributed by atoms with Crippen LogP contribution in [0.5, 0.6) is 0 Å². The van der Waals surface area contributed by atoms with Gasteiger partial charge in [0.25, 0.3) is 0 Å². The van der Waals surface area contributed by atoms with Crippen LogP contribution in [-0.2, 0) is 11.3 Å². The molecule has 0 radical (unpaired) electrons. The fraction of sp³-hybridized carbons (Fsp3) is 0.600. The van der Waals surface area contributed by atoms with E-state index in [1.54, 1.807) is 0 Å². The Morgan fingerprint density at radius 1 is 1.08 bits per heavy atom. The van der Waals surface area contributed by atoms with Gasteiger partial charge in [0.15, 0.2) is 0 Å². The fourth-order valence-corrected chi connectivity index (χ4v) is 4.22. The molecule has 5 nitrogen and oxygen atoms in total. The molecule has 1 aliphatic carbocycles. The number of fused-ring (bicyclic) bond motifs is 1. The Hall–Kier alpha value is -1.88. The minimum atomic E-state index is 0.374. The van der Waals surface area contributed by atoms with Crippen LogP contribution in [0.1, 0.15) is 44.2 Å². The zero-order valence-corrected chi connectivity index (χ0v) is 14.9. The molecule has 0 bridgehead atoms. The van der Waals surface area contributed by atoms with E-state index in [1.807, 2.05) is 22.8 Å². The van der Waals surface area contributed by atoms with Crippen molar-refractivity contribution in [3.8, 4) is 0 Å². The van der Waals surface area contributed by atoms with Crippen molar-refractivity contribution in [1.82, 2.24) is 19.4 Å². The van der Waals surface area contributed by atoms with Gasteiger partial charge in [0.1, 0.15) is 0 Å². The third kappa shape index (κ3) is 4.03. The van der Waals surface area contributed by atoms with Crippen molar-refractivity contribution >= 4 is 11.4 Å². The molecule has 0 aromatic carbocycles. The van der Waals surface area contributed by atoms with Crippen LogP contribution >= 0.6 is 0 Å². The Morgan fingerprint density at radius 3 is 2.64 bits per heavy atom. The second-order valence-corrected chi connectivity index (χ2v) is 7.57. The van der Waals surface area contributed by atoms with Gasteiger partial charge in [-0.2, -0.15) is 5.10 Å². The number of piperazine rings is 1. The SMILES string of the molecule is O=C(CC1CCCCC1)N1CCN(Cc2cc3ccccn3n2)CC1. The summed E-state index contributed by atoms with van der Waals surface area (Å²) in [6, 6.07) is 8.27. The summed E-state index contributed by atoms with van der Waals surface area (Å²) in [6.07, 6.45) is 9.23. The quantitative estimate of drug-likeness (QED) is 0.859. The van der Waals surface area contributed by atoms with Crippen LogP contribution in [0.25, 0.3) is 5.52 Å². The Balaban J connectivity index is 1.26. The first-order valence-corrected chi connectivity index (χ1v) is 9.71. The van der Waals surface area contributed by atoms with Crippen LogP contribution in [-0.4, -0.2) is 51.5 Å². The van der Waals surface area contributed by atoms with Crippen molar-refractivity contribution in [1.29, 1.82) is 0 Å². The monoisotopic (exact) mass is 340 g/mol. The highest BCUT2D eigenvalue weighted by atomic mass is 16.2. The number of carbonyl (C=O) groups is 1. The molecule has 0 unspecified atom stereocenters. The zero-order valence-electron chi connectivity index (χ0n) is 14.9. The van der Waals surface area contributed by atoms with E-state index in [4.69, 9.17) is 0 Å². The first-order chi connectivity index (χ1) is 12.3. The van der Waals surface area contributed by atoms with E-state index in [9.17, 15) is 4.79 Å². The molecular formula is C20H28N4O. The number of amides is 1. The van der Waals surface area contributed by atoms with Gasteiger partial charge in [0.05, 0.1) is 11.2 Å². The van der Waals surface area contributed by atoms with E-state index < -0.39 is 0 Å². The molecule has 4 rings (SSSR count). The van der Waals surface area contributed by atoms with Crippen LogP contribution in [0, 0.1) is 5.92 Å². The molecular weight excluding hydrogens is 312 g/mol. The Bertz CT molecular complexity index is 678. The molecule has 2 aromatic rings. The molecule has 0 N–H and O–H groups in total. The average Bonchev–Trinajstić information content (AvgIpc) is 3.05. The molecule has 3 heterocycles. The molecule has 1 aliphatic heterocycles. The number of carbonyl (C=O) groups excluding carboxylic acids is 1. The van der Waals surface area contributed by atoms with Crippen molar-refractivity contribution in [3.05, 3.63) is 36.2 Å². The molecule has 134 valence electrons. The predicted molar refractivity (Wildman–Crippen MR) is 98.2 cm³/mol. The average molecular weight is 340 g/mol. The number of hydrogen-bond acceptors (Lipinski definition) is 3. The molecule has 5 heteroatoms.